The van der Waals surface area contributed by atoms with Crippen LogP contribution < -0.4 is 5.32 Å². The average Bonchev–Trinajstić information content (AvgIpc) is 3.43. The highest BCUT2D eigenvalue weighted by atomic mass is 32.1. The number of aryl methyl sites for hydroxylation is 1. The van der Waals surface area contributed by atoms with Crippen molar-refractivity contribution in [2.75, 3.05) is 18.4 Å². The van der Waals surface area contributed by atoms with Crippen molar-refractivity contribution in [3.05, 3.63) is 11.1 Å². The number of piperidine rings is 1. The molecule has 0 atom stereocenters. The predicted molar refractivity (Wildman–Crippen MR) is 116 cm³/mol. The highest BCUT2D eigenvalue weighted by Gasteiger charge is 2.36. The fraction of sp³-hybridized carbons (Fsp3) is 0.773. The molecule has 7 heteroatoms. The molecule has 3 aliphatic rings. The smallest absolute Gasteiger partial charge is 0.324 e. The van der Waals surface area contributed by atoms with Gasteiger partial charge in [-0.05, 0) is 70.1 Å². The summed E-state index contributed by atoms with van der Waals surface area (Å²) in [4.78, 5) is 35.3. The minimum absolute atomic E-state index is 0.0124. The molecule has 160 valence electrons. The molecule has 2 heterocycles. The lowest BCUT2D eigenvalue weighted by molar-refractivity contribution is -0.133. The topological polar surface area (TPSA) is 65.5 Å². The number of carbonyl (C=O) groups excluding carboxylic acids is 2. The number of aromatic nitrogens is 1. The monoisotopic (exact) mass is 418 g/mol. The molecule has 1 aromatic heterocycles. The van der Waals surface area contributed by atoms with Crippen LogP contribution >= 0.6 is 11.3 Å². The van der Waals surface area contributed by atoms with Gasteiger partial charge in [-0.3, -0.25) is 10.1 Å². The molecule has 2 aliphatic carbocycles. The van der Waals surface area contributed by atoms with Crippen molar-refractivity contribution in [3.8, 4) is 0 Å². The number of hydrogen-bond donors (Lipinski definition) is 1. The third kappa shape index (κ3) is 5.30. The summed E-state index contributed by atoms with van der Waals surface area (Å²) in [5.41, 5.74) is 0. The molecular weight excluding hydrogens is 384 g/mol. The molecule has 0 bridgehead atoms. The minimum atomic E-state index is -0.0124. The van der Waals surface area contributed by atoms with E-state index in [0.29, 0.717) is 23.0 Å². The van der Waals surface area contributed by atoms with Gasteiger partial charge in [0.2, 0.25) is 5.91 Å². The first-order valence-electron chi connectivity index (χ1n) is 11.3. The van der Waals surface area contributed by atoms with E-state index in [4.69, 9.17) is 0 Å². The van der Waals surface area contributed by atoms with E-state index >= 15 is 0 Å². The number of hydrogen-bond acceptors (Lipinski definition) is 4. The summed E-state index contributed by atoms with van der Waals surface area (Å²) in [5.74, 6) is 1.69. The van der Waals surface area contributed by atoms with Crippen molar-refractivity contribution >= 4 is 28.4 Å². The summed E-state index contributed by atoms with van der Waals surface area (Å²) in [5, 5.41) is 3.73. The first-order valence-corrected chi connectivity index (χ1v) is 12.1. The third-order valence-corrected chi connectivity index (χ3v) is 7.65. The SMILES string of the molecule is Cc1cnc(NC(=O)N(C2CCN(C(=O)CC3CC3)CC2)[C@H]2CC[C@H](C)CC2)s1. The Balaban J connectivity index is 1.40. The molecule has 0 spiro atoms. The predicted octanol–water partition coefficient (Wildman–Crippen LogP) is 4.66. The van der Waals surface area contributed by atoms with Gasteiger partial charge < -0.3 is 9.80 Å². The van der Waals surface area contributed by atoms with Crippen LogP contribution in [0, 0.1) is 18.8 Å². The van der Waals surface area contributed by atoms with Gasteiger partial charge in [-0.1, -0.05) is 6.92 Å². The third-order valence-electron chi connectivity index (χ3n) is 6.82. The van der Waals surface area contributed by atoms with Gasteiger partial charge >= 0.3 is 6.03 Å². The van der Waals surface area contributed by atoms with E-state index in [-0.39, 0.29) is 12.1 Å². The van der Waals surface area contributed by atoms with E-state index < -0.39 is 0 Å². The molecule has 29 heavy (non-hydrogen) atoms. The molecule has 3 fully saturated rings. The molecule has 2 saturated carbocycles. The molecule has 0 aromatic carbocycles. The molecular formula is C22H34N4O2S. The molecule has 1 aliphatic heterocycles. The van der Waals surface area contributed by atoms with Crippen molar-refractivity contribution in [2.45, 2.75) is 83.7 Å². The number of nitrogens with one attached hydrogen (secondary N) is 1. The number of anilines is 1. The van der Waals surface area contributed by atoms with Crippen LogP contribution in [0.15, 0.2) is 6.20 Å². The second kappa shape index (κ2) is 9.02. The fourth-order valence-corrected chi connectivity index (χ4v) is 5.46. The molecule has 6 nitrogen and oxygen atoms in total. The lowest BCUT2D eigenvalue weighted by atomic mass is 9.85. The highest BCUT2D eigenvalue weighted by molar-refractivity contribution is 7.15. The summed E-state index contributed by atoms with van der Waals surface area (Å²) in [7, 11) is 0. The van der Waals surface area contributed by atoms with Gasteiger partial charge in [0, 0.05) is 42.7 Å². The van der Waals surface area contributed by atoms with Gasteiger partial charge in [0.15, 0.2) is 5.13 Å². The fourth-order valence-electron chi connectivity index (χ4n) is 4.81. The molecule has 1 aromatic rings. The Hall–Kier alpha value is -1.63. The van der Waals surface area contributed by atoms with Gasteiger partial charge in [-0.2, -0.15) is 0 Å². The minimum Gasteiger partial charge on any atom is -0.343 e. The van der Waals surface area contributed by atoms with Crippen LogP contribution in [0.5, 0.6) is 0 Å². The van der Waals surface area contributed by atoms with Crippen molar-refractivity contribution in [2.24, 2.45) is 11.8 Å². The molecule has 1 saturated heterocycles. The van der Waals surface area contributed by atoms with E-state index in [9.17, 15) is 9.59 Å². The Bertz CT molecular complexity index is 716. The van der Waals surface area contributed by atoms with Crippen LogP contribution in [-0.4, -0.2) is 51.9 Å². The van der Waals surface area contributed by atoms with Crippen molar-refractivity contribution < 1.29 is 9.59 Å². The number of rotatable bonds is 5. The molecule has 0 radical (unpaired) electrons. The number of likely N-dealkylation sites (tertiary alicyclic amines) is 1. The number of nitrogens with zero attached hydrogens (tertiary/aromatic N) is 3. The Labute approximate surface area is 178 Å². The maximum atomic E-state index is 13.3. The normalized spacial score (nSPS) is 25.7. The van der Waals surface area contributed by atoms with Crippen molar-refractivity contribution in [1.82, 2.24) is 14.8 Å². The Morgan fingerprint density at radius 2 is 1.76 bits per heavy atom. The summed E-state index contributed by atoms with van der Waals surface area (Å²) in [6, 6.07) is 0.493. The van der Waals surface area contributed by atoms with Crippen LogP contribution in [0.2, 0.25) is 0 Å². The highest BCUT2D eigenvalue weighted by Crippen LogP contribution is 2.34. The van der Waals surface area contributed by atoms with Gasteiger partial charge in [0.25, 0.3) is 0 Å². The van der Waals surface area contributed by atoms with Gasteiger partial charge in [0.1, 0.15) is 0 Å². The summed E-state index contributed by atoms with van der Waals surface area (Å²) in [6.07, 6.45) is 11.2. The summed E-state index contributed by atoms with van der Waals surface area (Å²) in [6.45, 7) is 5.86. The average molecular weight is 419 g/mol. The lowest BCUT2D eigenvalue weighted by Gasteiger charge is -2.44. The van der Waals surface area contributed by atoms with E-state index in [2.05, 4.69) is 22.1 Å². The first kappa shape index (κ1) is 20.6. The van der Waals surface area contributed by atoms with Crippen LogP contribution in [-0.2, 0) is 4.79 Å². The number of urea groups is 1. The first-order chi connectivity index (χ1) is 14.0. The van der Waals surface area contributed by atoms with Crippen LogP contribution in [0.1, 0.15) is 69.6 Å². The summed E-state index contributed by atoms with van der Waals surface area (Å²) < 4.78 is 0. The van der Waals surface area contributed by atoms with E-state index in [1.54, 1.807) is 6.20 Å². The zero-order chi connectivity index (χ0) is 20.4. The number of thiazole rings is 1. The van der Waals surface area contributed by atoms with Gasteiger partial charge in [0.05, 0.1) is 0 Å². The second-order valence-corrected chi connectivity index (χ2v) is 10.5. The summed E-state index contributed by atoms with van der Waals surface area (Å²) >= 11 is 1.52. The molecule has 1 N–H and O–H groups in total. The molecule has 4 rings (SSSR count). The Morgan fingerprint density at radius 3 is 2.34 bits per heavy atom. The number of carbonyl (C=O) groups is 2. The molecule has 3 amide bonds. The van der Waals surface area contributed by atoms with E-state index in [1.807, 2.05) is 11.8 Å². The Kier molecular flexibility index (Phi) is 6.42. The zero-order valence-electron chi connectivity index (χ0n) is 17.7. The maximum Gasteiger partial charge on any atom is 0.324 e. The largest absolute Gasteiger partial charge is 0.343 e. The van der Waals surface area contributed by atoms with Crippen molar-refractivity contribution in [1.29, 1.82) is 0 Å². The zero-order valence-corrected chi connectivity index (χ0v) is 18.5. The van der Waals surface area contributed by atoms with Crippen LogP contribution in [0.25, 0.3) is 0 Å². The molecule has 0 unspecified atom stereocenters. The number of amides is 3. The van der Waals surface area contributed by atoms with Gasteiger partial charge in [-0.15, -0.1) is 11.3 Å². The second-order valence-electron chi connectivity index (χ2n) is 9.29. The standard InChI is InChI=1S/C22H34N4O2S/c1-15-3-7-18(8-4-15)26(22(28)24-21-23-14-16(2)29-21)19-9-11-25(12-10-19)20(27)13-17-5-6-17/h14-15,17-19H,3-13H2,1-2H3,(H,23,24,28)/t15-,18-. The Morgan fingerprint density at radius 1 is 1.10 bits per heavy atom. The quantitative estimate of drug-likeness (QED) is 0.757. The van der Waals surface area contributed by atoms with Crippen LogP contribution in [0.4, 0.5) is 9.93 Å². The van der Waals surface area contributed by atoms with Crippen molar-refractivity contribution in [3.63, 3.8) is 0 Å². The van der Waals surface area contributed by atoms with Gasteiger partial charge in [-0.25, -0.2) is 9.78 Å². The van der Waals surface area contributed by atoms with E-state index in [0.717, 1.165) is 56.0 Å². The lowest BCUT2D eigenvalue weighted by Crippen LogP contribution is -2.54. The van der Waals surface area contributed by atoms with E-state index in [1.165, 1.54) is 37.0 Å². The maximum absolute atomic E-state index is 13.3. The van der Waals surface area contributed by atoms with Crippen LogP contribution in [0.3, 0.4) is 0 Å².